The van der Waals surface area contributed by atoms with E-state index in [0.29, 0.717) is 11.5 Å². The van der Waals surface area contributed by atoms with Crippen LogP contribution in [0.25, 0.3) is 10.8 Å². The molecule has 8 heteroatoms. The highest BCUT2D eigenvalue weighted by molar-refractivity contribution is 7.85. The summed E-state index contributed by atoms with van der Waals surface area (Å²) in [4.78, 5) is 8.94. The van der Waals surface area contributed by atoms with Crippen LogP contribution < -0.4 is 4.74 Å². The summed E-state index contributed by atoms with van der Waals surface area (Å²) < 4.78 is 53.4. The average Bonchev–Trinajstić information content (AvgIpc) is 3.32. The maximum atomic E-state index is 14.1. The Morgan fingerprint density at radius 3 is 2.49 bits per heavy atom. The Kier molecular flexibility index (Phi) is 9.13. The molecule has 0 radical (unpaired) electrons. The Morgan fingerprint density at radius 2 is 1.76 bits per heavy atom. The third-order valence-electron chi connectivity index (χ3n) is 9.30. The van der Waals surface area contributed by atoms with Gasteiger partial charge in [-0.3, -0.25) is 14.5 Å². The van der Waals surface area contributed by atoms with Crippen molar-refractivity contribution in [1.29, 1.82) is 0 Å². The standard InChI is InChI=1S/C41H39FN2O4S/c1-40(2,38-33-14-7-6-10-27(33)15-22-36(38)43-5)25-9-13-28-11-8-12-29(39(28)48-31-18-20-32(21-19-31)49(45,46)47)16-24-37-41(3,4)34-26-30(42)17-23-35(34)44-37/h6-7,9-10,13-26H,5,8,11-12H2,1-4H3,(H,45,46,47)/b24-16+,25-9-,28-13+. The van der Waals surface area contributed by atoms with Crippen molar-refractivity contribution in [2.75, 3.05) is 0 Å². The summed E-state index contributed by atoms with van der Waals surface area (Å²) in [6.45, 7) is 12.2. The number of rotatable bonds is 9. The molecule has 2 aliphatic rings. The summed E-state index contributed by atoms with van der Waals surface area (Å²) in [6, 6.07) is 22.7. The minimum Gasteiger partial charge on any atom is -0.457 e. The summed E-state index contributed by atoms with van der Waals surface area (Å²) in [5.41, 5.74) is 5.42. The lowest BCUT2D eigenvalue weighted by molar-refractivity contribution is 0.415. The van der Waals surface area contributed by atoms with Crippen LogP contribution in [0.2, 0.25) is 0 Å². The van der Waals surface area contributed by atoms with Gasteiger partial charge in [-0.1, -0.05) is 82.3 Å². The van der Waals surface area contributed by atoms with Gasteiger partial charge in [-0.25, -0.2) is 4.39 Å². The largest absolute Gasteiger partial charge is 0.457 e. The SMILES string of the molecule is C=Nc1ccc2ccccc2c1C(C)(C)/C=C\C=C1/CCCC(/C=C/C2=Nc3ccc(F)cc3C2(C)C)=C1Oc1ccc(S(=O)(=O)O)cc1. The first kappa shape index (κ1) is 34.0. The van der Waals surface area contributed by atoms with Crippen LogP contribution in [0.15, 0.2) is 141 Å². The molecule has 0 saturated heterocycles. The van der Waals surface area contributed by atoms with Gasteiger partial charge in [0.1, 0.15) is 17.3 Å². The molecule has 0 bridgehead atoms. The number of hydrogen-bond acceptors (Lipinski definition) is 5. The highest BCUT2D eigenvalue weighted by Crippen LogP contribution is 2.42. The van der Waals surface area contributed by atoms with Crippen LogP contribution in [0.4, 0.5) is 15.8 Å². The van der Waals surface area contributed by atoms with E-state index in [4.69, 9.17) is 9.73 Å². The monoisotopic (exact) mass is 674 g/mol. The molecule has 49 heavy (non-hydrogen) atoms. The van der Waals surface area contributed by atoms with Crippen LogP contribution in [0.5, 0.6) is 5.75 Å². The molecule has 0 amide bonds. The summed E-state index contributed by atoms with van der Waals surface area (Å²) in [5, 5.41) is 2.26. The van der Waals surface area contributed by atoms with E-state index in [1.807, 2.05) is 44.2 Å². The third-order valence-corrected chi connectivity index (χ3v) is 10.2. The normalized spacial score (nSPS) is 17.3. The molecule has 4 aromatic carbocycles. The van der Waals surface area contributed by atoms with Crippen LogP contribution in [0.1, 0.15) is 58.1 Å². The molecule has 0 spiro atoms. The molecule has 250 valence electrons. The Balaban J connectivity index is 1.38. The number of aliphatic imine (C=N–C) groups is 2. The molecule has 0 unspecified atom stereocenters. The maximum absolute atomic E-state index is 14.1. The van der Waals surface area contributed by atoms with E-state index in [1.165, 1.54) is 30.3 Å². The molecule has 0 aromatic heterocycles. The molecular weight excluding hydrogens is 636 g/mol. The predicted octanol–water partition coefficient (Wildman–Crippen LogP) is 10.5. The molecular formula is C41H39FN2O4S. The van der Waals surface area contributed by atoms with Gasteiger partial charge in [0, 0.05) is 10.8 Å². The summed E-state index contributed by atoms with van der Waals surface area (Å²) in [7, 11) is -4.34. The topological polar surface area (TPSA) is 88.3 Å². The first-order chi connectivity index (χ1) is 23.3. The zero-order chi connectivity index (χ0) is 35.0. The van der Waals surface area contributed by atoms with E-state index in [9.17, 15) is 17.4 Å². The first-order valence-electron chi connectivity index (χ1n) is 16.2. The minimum absolute atomic E-state index is 0.210. The lowest BCUT2D eigenvalue weighted by atomic mass is 9.80. The third kappa shape index (κ3) is 6.98. The van der Waals surface area contributed by atoms with Crippen LogP contribution >= 0.6 is 0 Å². The van der Waals surface area contributed by atoms with Crippen molar-refractivity contribution in [3.8, 4) is 5.75 Å². The molecule has 6 nitrogen and oxygen atoms in total. The van der Waals surface area contributed by atoms with Crippen LogP contribution in [-0.2, 0) is 20.9 Å². The number of ether oxygens (including phenoxy) is 1. The van der Waals surface area contributed by atoms with Gasteiger partial charge in [0.05, 0.1) is 22.0 Å². The second-order valence-corrected chi connectivity index (χ2v) is 14.9. The lowest BCUT2D eigenvalue weighted by Crippen LogP contribution is -2.24. The van der Waals surface area contributed by atoms with Crippen molar-refractivity contribution in [2.45, 2.75) is 62.7 Å². The Labute approximate surface area is 287 Å². The average molecular weight is 675 g/mol. The number of hydrogen-bond donors (Lipinski definition) is 1. The van der Waals surface area contributed by atoms with Gasteiger partial charge in [0.15, 0.2) is 0 Å². The van der Waals surface area contributed by atoms with E-state index in [-0.39, 0.29) is 16.1 Å². The second-order valence-electron chi connectivity index (χ2n) is 13.5. The van der Waals surface area contributed by atoms with Crippen molar-refractivity contribution in [2.24, 2.45) is 9.98 Å². The van der Waals surface area contributed by atoms with E-state index in [2.05, 4.69) is 62.0 Å². The van der Waals surface area contributed by atoms with Crippen molar-refractivity contribution >= 4 is 44.7 Å². The highest BCUT2D eigenvalue weighted by Gasteiger charge is 2.34. The van der Waals surface area contributed by atoms with Gasteiger partial charge in [-0.15, -0.1) is 0 Å². The van der Waals surface area contributed by atoms with Gasteiger partial charge in [-0.2, -0.15) is 8.42 Å². The fourth-order valence-electron chi connectivity index (χ4n) is 6.65. The molecule has 0 fully saturated rings. The quantitative estimate of drug-likeness (QED) is 0.141. The number of fused-ring (bicyclic) bond motifs is 2. The Hall–Kier alpha value is -4.92. The zero-order valence-electron chi connectivity index (χ0n) is 28.1. The van der Waals surface area contributed by atoms with Crippen LogP contribution in [0, 0.1) is 5.82 Å². The molecule has 6 rings (SSSR count). The Bertz CT molecular complexity index is 2220. The second kappa shape index (κ2) is 13.2. The zero-order valence-corrected chi connectivity index (χ0v) is 28.9. The fourth-order valence-corrected chi connectivity index (χ4v) is 7.13. The van der Waals surface area contributed by atoms with E-state index in [1.54, 1.807) is 12.1 Å². The van der Waals surface area contributed by atoms with E-state index in [0.717, 1.165) is 69.4 Å². The van der Waals surface area contributed by atoms with E-state index < -0.39 is 15.5 Å². The van der Waals surface area contributed by atoms with E-state index >= 15 is 0 Å². The van der Waals surface area contributed by atoms with Gasteiger partial charge in [0.25, 0.3) is 10.1 Å². The van der Waals surface area contributed by atoms with Gasteiger partial charge in [0.2, 0.25) is 0 Å². The van der Waals surface area contributed by atoms with Crippen molar-refractivity contribution in [3.63, 3.8) is 0 Å². The van der Waals surface area contributed by atoms with Crippen LogP contribution in [0.3, 0.4) is 0 Å². The molecule has 1 heterocycles. The van der Waals surface area contributed by atoms with Gasteiger partial charge in [-0.05, 0) is 114 Å². The summed E-state index contributed by atoms with van der Waals surface area (Å²) in [6.07, 6.45) is 12.7. The molecule has 0 saturated carbocycles. The number of allylic oxidation sites excluding steroid dienone is 7. The van der Waals surface area contributed by atoms with Gasteiger partial charge < -0.3 is 4.74 Å². The smallest absolute Gasteiger partial charge is 0.294 e. The van der Waals surface area contributed by atoms with Crippen molar-refractivity contribution in [1.82, 2.24) is 0 Å². The van der Waals surface area contributed by atoms with Crippen molar-refractivity contribution in [3.05, 3.63) is 143 Å². The molecule has 0 atom stereocenters. The lowest BCUT2D eigenvalue weighted by Gasteiger charge is -2.25. The predicted molar refractivity (Wildman–Crippen MR) is 197 cm³/mol. The highest BCUT2D eigenvalue weighted by atomic mass is 32.2. The number of halogens is 1. The Morgan fingerprint density at radius 1 is 1.00 bits per heavy atom. The summed E-state index contributed by atoms with van der Waals surface area (Å²) in [5.74, 6) is 0.814. The first-order valence-corrected chi connectivity index (χ1v) is 17.7. The minimum atomic E-state index is -4.34. The molecule has 1 aliphatic carbocycles. The number of nitrogens with zero attached hydrogens (tertiary/aromatic N) is 2. The fraction of sp³-hybridized carbons (Fsp3) is 0.220. The van der Waals surface area contributed by atoms with Crippen LogP contribution in [-0.4, -0.2) is 25.4 Å². The molecule has 4 aromatic rings. The molecule has 1 N–H and O–H groups in total. The summed E-state index contributed by atoms with van der Waals surface area (Å²) >= 11 is 0. The maximum Gasteiger partial charge on any atom is 0.294 e. The molecule has 1 aliphatic heterocycles. The number of benzene rings is 4. The van der Waals surface area contributed by atoms with Gasteiger partial charge >= 0.3 is 0 Å². The van der Waals surface area contributed by atoms with Crippen molar-refractivity contribution < 1.29 is 22.1 Å².